The summed E-state index contributed by atoms with van der Waals surface area (Å²) in [5.74, 6) is -0.113. The van der Waals surface area contributed by atoms with Crippen LogP contribution in [0.25, 0.3) is 0 Å². The molecule has 1 N–H and O–H groups in total. The molecule has 2 heterocycles. The molecule has 1 atom stereocenters. The molecule has 4 rings (SSSR count). The molecule has 35 heavy (non-hydrogen) atoms. The van der Waals surface area contributed by atoms with Crippen molar-refractivity contribution in [3.8, 4) is 5.75 Å². The van der Waals surface area contributed by atoms with Crippen LogP contribution in [0.15, 0.2) is 60.5 Å². The average Bonchev–Trinajstić information content (AvgIpc) is 3.34. The highest BCUT2D eigenvalue weighted by Crippen LogP contribution is 2.38. The zero-order valence-electron chi connectivity index (χ0n) is 19.8. The van der Waals surface area contributed by atoms with Crippen molar-refractivity contribution in [2.24, 2.45) is 5.92 Å². The first-order valence-corrected chi connectivity index (χ1v) is 12.4. The molecule has 1 aromatic heterocycles. The lowest BCUT2D eigenvalue weighted by molar-refractivity contribution is -0.136. The van der Waals surface area contributed by atoms with E-state index >= 15 is 0 Å². The molecule has 0 saturated heterocycles. The molecule has 0 radical (unpaired) electrons. The number of benzene rings is 2. The molecule has 0 fully saturated rings. The Labute approximate surface area is 208 Å². The third kappa shape index (κ3) is 5.59. The maximum absolute atomic E-state index is 14.1. The lowest BCUT2D eigenvalue weighted by Gasteiger charge is -2.39. The van der Waals surface area contributed by atoms with Crippen molar-refractivity contribution in [2.45, 2.75) is 32.9 Å². The van der Waals surface area contributed by atoms with Gasteiger partial charge in [-0.2, -0.15) is 0 Å². The van der Waals surface area contributed by atoms with Gasteiger partial charge in [0.1, 0.15) is 28.9 Å². The van der Waals surface area contributed by atoms with Crippen molar-refractivity contribution in [3.63, 3.8) is 0 Å². The Kier molecular flexibility index (Phi) is 7.60. The Hall–Kier alpha value is -3.52. The van der Waals surface area contributed by atoms with E-state index in [1.807, 2.05) is 43.0 Å². The minimum absolute atomic E-state index is 0.0290. The van der Waals surface area contributed by atoms with Crippen LogP contribution in [0.2, 0.25) is 0 Å². The molecule has 6 nitrogen and oxygen atoms in total. The minimum atomic E-state index is -0.395. The van der Waals surface area contributed by atoms with Crippen molar-refractivity contribution in [1.82, 2.24) is 15.2 Å². The SMILES string of the molecule is C=CCNC(=O)c1csc(COc2ccc3c(c2)[C@@H](c2cccc(F)c2)N(C(=O)C(C)C)CC3)n1. The molecule has 2 amide bonds. The number of halogens is 1. The number of carbonyl (C=O) groups is 2. The standard InChI is InChI=1S/C27H28FN3O3S/c1-4-11-29-26(32)23-16-35-24(30-23)15-34-21-9-8-18-10-12-31(27(33)17(2)3)25(22(18)14-21)19-6-5-7-20(28)13-19/h4-9,13-14,16-17,25H,1,10-12,15H2,2-3H3,(H,29,32)/t25-/m1/s1. The molecule has 0 bridgehead atoms. The lowest BCUT2D eigenvalue weighted by Crippen LogP contribution is -2.42. The van der Waals surface area contributed by atoms with E-state index in [0.29, 0.717) is 29.5 Å². The van der Waals surface area contributed by atoms with Crippen LogP contribution < -0.4 is 10.1 Å². The lowest BCUT2D eigenvalue weighted by atomic mass is 9.87. The van der Waals surface area contributed by atoms with Gasteiger partial charge in [-0.05, 0) is 47.4 Å². The summed E-state index contributed by atoms with van der Waals surface area (Å²) < 4.78 is 20.1. The average molecular weight is 494 g/mol. The number of fused-ring (bicyclic) bond motifs is 1. The third-order valence-electron chi connectivity index (χ3n) is 5.84. The van der Waals surface area contributed by atoms with Gasteiger partial charge in [-0.1, -0.05) is 38.1 Å². The van der Waals surface area contributed by atoms with E-state index < -0.39 is 6.04 Å². The van der Waals surface area contributed by atoms with Crippen molar-refractivity contribution in [3.05, 3.63) is 93.7 Å². The Morgan fingerprint density at radius 2 is 2.14 bits per heavy atom. The maximum atomic E-state index is 14.1. The number of thiazole rings is 1. The highest BCUT2D eigenvalue weighted by Gasteiger charge is 2.33. The third-order valence-corrected chi connectivity index (χ3v) is 6.66. The van der Waals surface area contributed by atoms with Crippen LogP contribution in [-0.4, -0.2) is 34.8 Å². The molecule has 0 saturated carbocycles. The summed E-state index contributed by atoms with van der Waals surface area (Å²) >= 11 is 1.35. The summed E-state index contributed by atoms with van der Waals surface area (Å²) in [5, 5.41) is 5.07. The van der Waals surface area contributed by atoms with E-state index in [-0.39, 0.29) is 30.2 Å². The van der Waals surface area contributed by atoms with Gasteiger partial charge in [-0.3, -0.25) is 9.59 Å². The van der Waals surface area contributed by atoms with Gasteiger partial charge in [0.05, 0.1) is 6.04 Å². The van der Waals surface area contributed by atoms with Gasteiger partial charge in [0.15, 0.2) is 0 Å². The number of aromatic nitrogens is 1. The molecule has 1 aliphatic rings. The van der Waals surface area contributed by atoms with Gasteiger partial charge < -0.3 is 15.0 Å². The predicted octanol–water partition coefficient (Wildman–Crippen LogP) is 4.91. The van der Waals surface area contributed by atoms with E-state index in [1.165, 1.54) is 23.5 Å². The highest BCUT2D eigenvalue weighted by atomic mass is 32.1. The number of amides is 2. The van der Waals surface area contributed by atoms with Crippen LogP contribution in [0.5, 0.6) is 5.75 Å². The topological polar surface area (TPSA) is 71.5 Å². The maximum Gasteiger partial charge on any atom is 0.271 e. The second kappa shape index (κ2) is 10.8. The van der Waals surface area contributed by atoms with Crippen molar-refractivity contribution in [2.75, 3.05) is 13.1 Å². The number of ether oxygens (including phenoxy) is 1. The summed E-state index contributed by atoms with van der Waals surface area (Å²) in [5.41, 5.74) is 3.11. The van der Waals surface area contributed by atoms with E-state index in [4.69, 9.17) is 4.74 Å². The van der Waals surface area contributed by atoms with Gasteiger partial charge in [-0.15, -0.1) is 17.9 Å². The van der Waals surface area contributed by atoms with E-state index in [9.17, 15) is 14.0 Å². The molecular formula is C27H28FN3O3S. The first-order chi connectivity index (χ1) is 16.9. The van der Waals surface area contributed by atoms with Gasteiger partial charge in [-0.25, -0.2) is 9.37 Å². The molecule has 0 spiro atoms. The first kappa shape index (κ1) is 24.6. The zero-order chi connectivity index (χ0) is 24.9. The fourth-order valence-electron chi connectivity index (χ4n) is 4.17. The fourth-order valence-corrected chi connectivity index (χ4v) is 4.86. The van der Waals surface area contributed by atoms with Crippen LogP contribution in [0.1, 0.15) is 52.1 Å². The number of nitrogens with zero attached hydrogens (tertiary/aromatic N) is 2. The summed E-state index contributed by atoms with van der Waals surface area (Å²) in [6.45, 7) is 8.49. The smallest absolute Gasteiger partial charge is 0.271 e. The Morgan fingerprint density at radius 3 is 2.89 bits per heavy atom. The number of nitrogens with one attached hydrogen (secondary N) is 1. The summed E-state index contributed by atoms with van der Waals surface area (Å²) in [4.78, 5) is 31.3. The molecule has 3 aromatic rings. The summed E-state index contributed by atoms with van der Waals surface area (Å²) in [6.07, 6.45) is 2.33. The summed E-state index contributed by atoms with van der Waals surface area (Å²) in [7, 11) is 0. The van der Waals surface area contributed by atoms with E-state index in [0.717, 1.165) is 23.1 Å². The minimum Gasteiger partial charge on any atom is -0.486 e. The number of rotatable bonds is 8. The van der Waals surface area contributed by atoms with Gasteiger partial charge in [0.2, 0.25) is 5.91 Å². The normalized spacial score (nSPS) is 15.0. The Balaban J connectivity index is 1.58. The van der Waals surface area contributed by atoms with Crippen molar-refractivity contribution >= 4 is 23.2 Å². The van der Waals surface area contributed by atoms with Crippen LogP contribution in [0, 0.1) is 11.7 Å². The monoisotopic (exact) mass is 493 g/mol. The second-order valence-corrected chi connectivity index (χ2v) is 9.61. The quantitative estimate of drug-likeness (QED) is 0.453. The number of hydrogen-bond acceptors (Lipinski definition) is 5. The van der Waals surface area contributed by atoms with E-state index in [1.54, 1.807) is 17.5 Å². The van der Waals surface area contributed by atoms with Gasteiger partial charge in [0.25, 0.3) is 5.91 Å². The van der Waals surface area contributed by atoms with Gasteiger partial charge in [0, 0.05) is 24.4 Å². The predicted molar refractivity (Wildman–Crippen MR) is 134 cm³/mol. The second-order valence-electron chi connectivity index (χ2n) is 8.67. The first-order valence-electron chi connectivity index (χ1n) is 11.5. The largest absolute Gasteiger partial charge is 0.486 e. The van der Waals surface area contributed by atoms with Crippen LogP contribution in [0.4, 0.5) is 4.39 Å². The molecule has 2 aromatic carbocycles. The van der Waals surface area contributed by atoms with E-state index in [2.05, 4.69) is 16.9 Å². The molecule has 0 unspecified atom stereocenters. The molecule has 8 heteroatoms. The Morgan fingerprint density at radius 1 is 1.31 bits per heavy atom. The molecule has 1 aliphatic heterocycles. The Bertz CT molecular complexity index is 1240. The molecule has 0 aliphatic carbocycles. The summed E-state index contributed by atoms with van der Waals surface area (Å²) in [6, 6.07) is 11.8. The van der Waals surface area contributed by atoms with Gasteiger partial charge >= 0.3 is 0 Å². The highest BCUT2D eigenvalue weighted by molar-refractivity contribution is 7.09. The van der Waals surface area contributed by atoms with Crippen molar-refractivity contribution in [1.29, 1.82) is 0 Å². The molecular weight excluding hydrogens is 465 g/mol. The number of hydrogen-bond donors (Lipinski definition) is 1. The zero-order valence-corrected chi connectivity index (χ0v) is 20.6. The van der Waals surface area contributed by atoms with Crippen LogP contribution in [-0.2, 0) is 17.8 Å². The van der Waals surface area contributed by atoms with Crippen LogP contribution >= 0.6 is 11.3 Å². The van der Waals surface area contributed by atoms with Crippen molar-refractivity contribution < 1.29 is 18.7 Å². The molecule has 182 valence electrons. The van der Waals surface area contributed by atoms with Crippen LogP contribution in [0.3, 0.4) is 0 Å². The fraction of sp³-hybridized carbons (Fsp3) is 0.296. The number of carbonyl (C=O) groups excluding carboxylic acids is 2.